The van der Waals surface area contributed by atoms with Crippen LogP contribution in [0, 0.1) is 19.3 Å². The van der Waals surface area contributed by atoms with Gasteiger partial charge in [-0.1, -0.05) is 31.0 Å². The number of aromatic nitrogens is 1. The van der Waals surface area contributed by atoms with Gasteiger partial charge in [-0.15, -0.1) is 0 Å². The fourth-order valence-corrected chi connectivity index (χ4v) is 4.34. The molecule has 0 fully saturated rings. The van der Waals surface area contributed by atoms with E-state index in [1.54, 1.807) is 6.08 Å². The smallest absolute Gasteiger partial charge is 0.283 e. The Hall–Kier alpha value is -2.93. The second-order valence-electron chi connectivity index (χ2n) is 7.21. The van der Waals surface area contributed by atoms with Crippen LogP contribution in [0.3, 0.4) is 0 Å². The number of hydrogen-bond acceptors (Lipinski definition) is 4. The summed E-state index contributed by atoms with van der Waals surface area (Å²) >= 11 is 1.39. The van der Waals surface area contributed by atoms with Gasteiger partial charge in [0.05, 0.1) is 5.57 Å². The van der Waals surface area contributed by atoms with Gasteiger partial charge in [0.25, 0.3) is 5.91 Å². The van der Waals surface area contributed by atoms with Gasteiger partial charge < -0.3 is 4.57 Å². The van der Waals surface area contributed by atoms with E-state index in [0.29, 0.717) is 5.17 Å². The third-order valence-electron chi connectivity index (χ3n) is 4.92. The summed E-state index contributed by atoms with van der Waals surface area (Å²) in [5.41, 5.74) is 4.47. The Morgan fingerprint density at radius 1 is 1.24 bits per heavy atom. The zero-order chi connectivity index (χ0) is 20.5. The van der Waals surface area contributed by atoms with E-state index in [1.165, 1.54) is 22.3 Å². The lowest BCUT2D eigenvalue weighted by Gasteiger charge is -2.20. The molecule has 2 aliphatic heterocycles. The highest BCUT2D eigenvalue weighted by Gasteiger charge is 2.35. The van der Waals surface area contributed by atoms with E-state index in [1.807, 2.05) is 22.9 Å². The number of rotatable bonds is 5. The Labute approximate surface area is 174 Å². The molecule has 0 unspecified atom stereocenters. The number of fused-ring (bicyclic) bond motifs is 1. The monoisotopic (exact) mass is 405 g/mol. The van der Waals surface area contributed by atoms with Crippen LogP contribution < -0.4 is 0 Å². The number of carbonyl (C=O) groups is 1. The summed E-state index contributed by atoms with van der Waals surface area (Å²) in [6.45, 7) is 6.26. The number of carbonyl (C=O) groups excluding carboxylic acids is 1. The first-order valence-electron chi connectivity index (χ1n) is 9.72. The van der Waals surface area contributed by atoms with Crippen LogP contribution in [0.2, 0.25) is 0 Å². The molecule has 2 aliphatic rings. The summed E-state index contributed by atoms with van der Waals surface area (Å²) in [5, 5.41) is 15.9. The van der Waals surface area contributed by atoms with Gasteiger partial charge in [-0.25, -0.2) is 0 Å². The van der Waals surface area contributed by atoms with E-state index in [9.17, 15) is 4.79 Å². The Morgan fingerprint density at radius 3 is 2.83 bits per heavy atom. The zero-order valence-corrected chi connectivity index (χ0v) is 17.6. The van der Waals surface area contributed by atoms with Crippen molar-refractivity contribution in [1.29, 1.82) is 5.41 Å². The number of nitrogens with zero attached hydrogens (tertiary/aromatic N) is 4. The maximum atomic E-state index is 12.7. The summed E-state index contributed by atoms with van der Waals surface area (Å²) in [5.74, 6) is -0.318. The maximum absolute atomic E-state index is 12.7. The van der Waals surface area contributed by atoms with E-state index >= 15 is 0 Å². The quantitative estimate of drug-likeness (QED) is 0.719. The average molecular weight is 406 g/mol. The van der Waals surface area contributed by atoms with Crippen molar-refractivity contribution in [2.75, 3.05) is 0 Å². The van der Waals surface area contributed by atoms with Gasteiger partial charge in [0.15, 0.2) is 5.84 Å². The zero-order valence-electron chi connectivity index (χ0n) is 16.8. The molecule has 0 saturated heterocycles. The van der Waals surface area contributed by atoms with Gasteiger partial charge in [0.2, 0.25) is 5.17 Å². The summed E-state index contributed by atoms with van der Waals surface area (Å²) in [7, 11) is 0. The van der Waals surface area contributed by atoms with Crippen LogP contribution in [0.15, 0.2) is 52.2 Å². The fraction of sp³-hybridized carbons (Fsp3) is 0.273. The van der Waals surface area contributed by atoms with Crippen molar-refractivity contribution in [2.45, 2.75) is 40.0 Å². The highest BCUT2D eigenvalue weighted by atomic mass is 32.2. The van der Waals surface area contributed by atoms with Gasteiger partial charge in [-0.2, -0.15) is 15.1 Å². The number of nitrogens with one attached hydrogen (secondary N) is 1. The van der Waals surface area contributed by atoms with Crippen molar-refractivity contribution < 1.29 is 4.79 Å². The third kappa shape index (κ3) is 3.70. The molecule has 29 heavy (non-hydrogen) atoms. The van der Waals surface area contributed by atoms with Crippen molar-refractivity contribution in [2.24, 2.45) is 10.1 Å². The summed E-state index contributed by atoms with van der Waals surface area (Å²) in [4.78, 5) is 16.8. The van der Waals surface area contributed by atoms with Crippen LogP contribution >= 0.6 is 11.8 Å². The third-order valence-corrected chi connectivity index (χ3v) is 5.89. The SMILES string of the molecule is CCCCC1=NN2C(=N)/C(=C/c3cccn3-c3ccc(C)cc3C)C(=O)N=C2S1. The lowest BCUT2D eigenvalue weighted by molar-refractivity contribution is -0.114. The lowest BCUT2D eigenvalue weighted by Crippen LogP contribution is -2.35. The molecular formula is C22H23N5OS. The predicted molar refractivity (Wildman–Crippen MR) is 120 cm³/mol. The van der Waals surface area contributed by atoms with E-state index in [4.69, 9.17) is 5.41 Å². The number of thioether (sulfide) groups is 1. The highest BCUT2D eigenvalue weighted by Crippen LogP contribution is 2.30. The molecule has 0 saturated carbocycles. The van der Waals surface area contributed by atoms with Gasteiger partial charge in [-0.05, 0) is 68.3 Å². The minimum Gasteiger partial charge on any atom is -0.317 e. The molecule has 0 aliphatic carbocycles. The van der Waals surface area contributed by atoms with E-state index in [-0.39, 0.29) is 11.4 Å². The number of hydrogen-bond donors (Lipinski definition) is 1. The fourth-order valence-electron chi connectivity index (χ4n) is 3.42. The van der Waals surface area contributed by atoms with E-state index in [0.717, 1.165) is 41.3 Å². The molecule has 1 aromatic heterocycles. The molecule has 148 valence electrons. The van der Waals surface area contributed by atoms with Crippen LogP contribution in [-0.2, 0) is 4.79 Å². The van der Waals surface area contributed by atoms with Crippen molar-refractivity contribution in [3.63, 3.8) is 0 Å². The van der Waals surface area contributed by atoms with Gasteiger partial charge in [0.1, 0.15) is 5.04 Å². The first kappa shape index (κ1) is 19.4. The van der Waals surface area contributed by atoms with Crippen molar-refractivity contribution in [3.05, 3.63) is 58.9 Å². The Bertz CT molecular complexity index is 1090. The molecule has 1 aromatic carbocycles. The second-order valence-corrected chi connectivity index (χ2v) is 8.25. The van der Waals surface area contributed by atoms with Crippen LogP contribution in [0.5, 0.6) is 0 Å². The lowest BCUT2D eigenvalue weighted by atomic mass is 10.1. The molecule has 1 amide bonds. The molecule has 3 heterocycles. The number of amidine groups is 2. The minimum absolute atomic E-state index is 0.0763. The number of amides is 1. The number of unbranched alkanes of at least 4 members (excludes halogenated alkanes) is 1. The van der Waals surface area contributed by atoms with E-state index < -0.39 is 5.91 Å². The Kier molecular flexibility index (Phi) is 5.24. The minimum atomic E-state index is -0.394. The van der Waals surface area contributed by atoms with Crippen LogP contribution in [0.25, 0.3) is 11.8 Å². The number of hydrazone groups is 1. The van der Waals surface area contributed by atoms with Crippen molar-refractivity contribution >= 4 is 39.8 Å². The van der Waals surface area contributed by atoms with Crippen molar-refractivity contribution in [3.8, 4) is 5.69 Å². The number of aryl methyl sites for hydroxylation is 2. The number of aliphatic imine (C=N–C) groups is 1. The molecule has 7 heteroatoms. The molecular weight excluding hydrogens is 382 g/mol. The van der Waals surface area contributed by atoms with Gasteiger partial charge >= 0.3 is 0 Å². The molecule has 4 rings (SSSR count). The summed E-state index contributed by atoms with van der Waals surface area (Å²) in [6, 6.07) is 10.1. The maximum Gasteiger partial charge on any atom is 0.283 e. The first-order valence-corrected chi connectivity index (χ1v) is 10.5. The molecule has 6 nitrogen and oxygen atoms in total. The largest absolute Gasteiger partial charge is 0.317 e. The molecule has 0 spiro atoms. The van der Waals surface area contributed by atoms with Crippen LogP contribution in [-0.4, -0.2) is 31.5 Å². The average Bonchev–Trinajstić information content (AvgIpc) is 3.30. The summed E-state index contributed by atoms with van der Waals surface area (Å²) in [6.07, 6.45) is 6.63. The van der Waals surface area contributed by atoms with Gasteiger partial charge in [0, 0.05) is 17.6 Å². The second kappa shape index (κ2) is 7.83. The predicted octanol–water partition coefficient (Wildman–Crippen LogP) is 4.90. The van der Waals surface area contributed by atoms with E-state index in [2.05, 4.69) is 49.1 Å². The van der Waals surface area contributed by atoms with Crippen molar-refractivity contribution in [1.82, 2.24) is 9.58 Å². The molecule has 1 N–H and O–H groups in total. The highest BCUT2D eigenvalue weighted by molar-refractivity contribution is 8.26. The molecule has 0 radical (unpaired) electrons. The Balaban J connectivity index is 1.68. The topological polar surface area (TPSA) is 73.8 Å². The van der Waals surface area contributed by atoms with Crippen LogP contribution in [0.4, 0.5) is 0 Å². The first-order chi connectivity index (χ1) is 14.0. The normalized spacial score (nSPS) is 17.6. The standard InChI is InChI=1S/C22H23N5OS/c1-4-5-8-19-25-27-20(23)17(21(28)24-22(27)29-19)13-16-7-6-11-26(16)18-10-9-14(2)12-15(18)3/h6-7,9-13,23H,4-5,8H2,1-3H3/b17-13-,23-20?. The van der Waals surface area contributed by atoms with Gasteiger partial charge in [-0.3, -0.25) is 10.2 Å². The Morgan fingerprint density at radius 2 is 2.07 bits per heavy atom. The molecule has 0 bridgehead atoms. The molecule has 0 atom stereocenters. The summed E-state index contributed by atoms with van der Waals surface area (Å²) < 4.78 is 2.02. The van der Waals surface area contributed by atoms with Crippen LogP contribution in [0.1, 0.15) is 43.0 Å². The number of benzene rings is 1. The molecule has 2 aromatic rings.